The minimum Gasteiger partial charge on any atom is -0.362 e. The van der Waals surface area contributed by atoms with Crippen LogP contribution in [0, 0.1) is 0 Å². The Morgan fingerprint density at radius 1 is 1.07 bits per heavy atom. The Kier molecular flexibility index (Phi) is 4.50. The zero-order chi connectivity index (χ0) is 19.6. The lowest BCUT2D eigenvalue weighted by molar-refractivity contribution is 0.797. The van der Waals surface area contributed by atoms with Gasteiger partial charge < -0.3 is 15.2 Å². The summed E-state index contributed by atoms with van der Waals surface area (Å²) in [6, 6.07) is 14.6. The average Bonchev–Trinajstić information content (AvgIpc) is 3.21. The fourth-order valence-corrected chi connectivity index (χ4v) is 4.12. The lowest BCUT2D eigenvalue weighted by atomic mass is 10.1. The largest absolute Gasteiger partial charge is 0.362 e. The SMILES string of the molecule is C=CNc1ccc(-c2cn(Cc3ccc4c(c3)Nc3nccnc3S4)cn2)cc1. The van der Waals surface area contributed by atoms with E-state index in [2.05, 4.69) is 73.3 Å². The molecule has 0 spiro atoms. The van der Waals surface area contributed by atoms with Crippen LogP contribution < -0.4 is 10.6 Å². The molecular formula is C22H18N6S. The van der Waals surface area contributed by atoms with Gasteiger partial charge in [0.1, 0.15) is 5.03 Å². The summed E-state index contributed by atoms with van der Waals surface area (Å²) in [5, 5.41) is 7.36. The fourth-order valence-electron chi connectivity index (χ4n) is 3.24. The number of hydrogen-bond acceptors (Lipinski definition) is 6. The molecule has 0 radical (unpaired) electrons. The Balaban J connectivity index is 1.33. The van der Waals surface area contributed by atoms with Crippen LogP contribution in [0.15, 0.2) is 90.1 Å². The molecule has 1 aliphatic rings. The van der Waals surface area contributed by atoms with Crippen LogP contribution in [0.4, 0.5) is 17.2 Å². The first-order chi connectivity index (χ1) is 14.3. The van der Waals surface area contributed by atoms with E-state index in [4.69, 9.17) is 0 Å². The number of imidazole rings is 1. The molecule has 7 heteroatoms. The van der Waals surface area contributed by atoms with Gasteiger partial charge in [0.25, 0.3) is 0 Å². The van der Waals surface area contributed by atoms with Gasteiger partial charge >= 0.3 is 0 Å². The molecule has 0 atom stereocenters. The predicted molar refractivity (Wildman–Crippen MR) is 116 cm³/mol. The van der Waals surface area contributed by atoms with Crippen LogP contribution in [0.3, 0.4) is 0 Å². The molecule has 29 heavy (non-hydrogen) atoms. The maximum Gasteiger partial charge on any atom is 0.163 e. The number of nitrogens with zero attached hydrogens (tertiary/aromatic N) is 4. The summed E-state index contributed by atoms with van der Waals surface area (Å²) in [6.45, 7) is 4.42. The smallest absolute Gasteiger partial charge is 0.163 e. The summed E-state index contributed by atoms with van der Waals surface area (Å²) < 4.78 is 2.09. The van der Waals surface area contributed by atoms with Gasteiger partial charge in [-0.25, -0.2) is 15.0 Å². The summed E-state index contributed by atoms with van der Waals surface area (Å²) in [7, 11) is 0. The topological polar surface area (TPSA) is 67.7 Å². The first-order valence-corrected chi connectivity index (χ1v) is 9.98. The molecule has 0 saturated heterocycles. The molecule has 0 unspecified atom stereocenters. The van der Waals surface area contributed by atoms with Crippen molar-refractivity contribution in [2.45, 2.75) is 16.5 Å². The Bertz CT molecular complexity index is 1180. The Labute approximate surface area is 172 Å². The highest BCUT2D eigenvalue weighted by Crippen LogP contribution is 2.42. The number of hydrogen-bond donors (Lipinski definition) is 2. The van der Waals surface area contributed by atoms with E-state index in [-0.39, 0.29) is 0 Å². The van der Waals surface area contributed by atoms with E-state index >= 15 is 0 Å². The van der Waals surface area contributed by atoms with Crippen LogP contribution in [0.5, 0.6) is 0 Å². The van der Waals surface area contributed by atoms with Crippen LogP contribution in [0.2, 0.25) is 0 Å². The van der Waals surface area contributed by atoms with E-state index in [9.17, 15) is 0 Å². The predicted octanol–water partition coefficient (Wildman–Crippen LogP) is 5.15. The van der Waals surface area contributed by atoms with Crippen molar-refractivity contribution >= 4 is 29.0 Å². The molecule has 3 heterocycles. The van der Waals surface area contributed by atoms with Gasteiger partial charge in [0.05, 0.1) is 17.7 Å². The van der Waals surface area contributed by atoms with Crippen LogP contribution in [0.1, 0.15) is 5.56 Å². The lowest BCUT2D eigenvalue weighted by Gasteiger charge is -2.19. The van der Waals surface area contributed by atoms with Crippen molar-refractivity contribution in [2.75, 3.05) is 10.6 Å². The van der Waals surface area contributed by atoms with E-state index in [0.717, 1.165) is 44.9 Å². The first kappa shape index (κ1) is 17.5. The summed E-state index contributed by atoms with van der Waals surface area (Å²) in [6.07, 6.45) is 9.02. The van der Waals surface area contributed by atoms with E-state index < -0.39 is 0 Å². The number of rotatable bonds is 5. The second-order valence-corrected chi connectivity index (χ2v) is 7.66. The van der Waals surface area contributed by atoms with E-state index in [1.54, 1.807) is 30.4 Å². The monoisotopic (exact) mass is 398 g/mol. The highest BCUT2D eigenvalue weighted by Gasteiger charge is 2.17. The number of aromatic nitrogens is 4. The maximum atomic E-state index is 4.56. The molecule has 0 bridgehead atoms. The number of nitrogens with one attached hydrogen (secondary N) is 2. The molecule has 6 nitrogen and oxygen atoms in total. The van der Waals surface area contributed by atoms with Gasteiger partial charge in [0.2, 0.25) is 0 Å². The van der Waals surface area contributed by atoms with Crippen molar-refractivity contribution in [2.24, 2.45) is 0 Å². The molecule has 4 aromatic rings. The van der Waals surface area contributed by atoms with Crippen molar-refractivity contribution in [1.29, 1.82) is 0 Å². The van der Waals surface area contributed by atoms with Crippen molar-refractivity contribution < 1.29 is 0 Å². The van der Waals surface area contributed by atoms with Crippen molar-refractivity contribution in [3.8, 4) is 11.3 Å². The lowest BCUT2D eigenvalue weighted by Crippen LogP contribution is -2.05. The molecule has 2 aromatic carbocycles. The molecular weight excluding hydrogens is 380 g/mol. The molecule has 0 saturated carbocycles. The minimum absolute atomic E-state index is 0.746. The Hall–Kier alpha value is -3.58. The third-order valence-corrected chi connectivity index (χ3v) is 5.68. The van der Waals surface area contributed by atoms with Gasteiger partial charge in [-0.3, -0.25) is 0 Å². The maximum absolute atomic E-state index is 4.56. The first-order valence-electron chi connectivity index (χ1n) is 9.17. The quantitative estimate of drug-likeness (QED) is 0.427. The van der Waals surface area contributed by atoms with Gasteiger partial charge in [-0.05, 0) is 36.0 Å². The summed E-state index contributed by atoms with van der Waals surface area (Å²) in [5.74, 6) is 0.807. The Morgan fingerprint density at radius 3 is 2.79 bits per heavy atom. The minimum atomic E-state index is 0.746. The normalized spacial score (nSPS) is 11.9. The molecule has 0 amide bonds. The van der Waals surface area contributed by atoms with Gasteiger partial charge in [0.15, 0.2) is 5.82 Å². The van der Waals surface area contributed by atoms with Crippen molar-refractivity contribution in [3.63, 3.8) is 0 Å². The standard InChI is InChI=1S/C22H18N6S/c1-2-23-17-6-4-16(5-7-17)19-13-28(14-26-19)12-15-3-8-20-18(11-15)27-21-22(29-20)25-10-9-24-21/h2-11,13-14,23H,1,12H2,(H,24,27). The van der Waals surface area contributed by atoms with Gasteiger partial charge in [-0.15, -0.1) is 0 Å². The van der Waals surface area contributed by atoms with E-state index in [1.807, 2.05) is 18.5 Å². The molecule has 142 valence electrons. The second-order valence-electron chi connectivity index (χ2n) is 6.62. The van der Waals surface area contributed by atoms with E-state index in [1.165, 1.54) is 5.56 Å². The van der Waals surface area contributed by atoms with E-state index in [0.29, 0.717) is 0 Å². The molecule has 5 rings (SSSR count). The van der Waals surface area contributed by atoms with Crippen LogP contribution in [-0.4, -0.2) is 19.5 Å². The van der Waals surface area contributed by atoms with Crippen LogP contribution in [-0.2, 0) is 6.54 Å². The summed E-state index contributed by atoms with van der Waals surface area (Å²) >= 11 is 1.64. The third kappa shape index (κ3) is 3.60. The fraction of sp³-hybridized carbons (Fsp3) is 0.0455. The highest BCUT2D eigenvalue weighted by molar-refractivity contribution is 7.99. The summed E-state index contributed by atoms with van der Waals surface area (Å²) in [5.41, 5.74) is 5.29. The van der Waals surface area contributed by atoms with Crippen molar-refractivity contribution in [1.82, 2.24) is 19.5 Å². The van der Waals surface area contributed by atoms with Crippen LogP contribution >= 0.6 is 11.8 Å². The van der Waals surface area contributed by atoms with Gasteiger partial charge in [-0.2, -0.15) is 0 Å². The molecule has 0 aliphatic carbocycles. The number of fused-ring (bicyclic) bond motifs is 2. The molecule has 0 fully saturated rings. The Morgan fingerprint density at radius 2 is 1.93 bits per heavy atom. The van der Waals surface area contributed by atoms with Crippen LogP contribution in [0.25, 0.3) is 11.3 Å². The average molecular weight is 398 g/mol. The zero-order valence-electron chi connectivity index (χ0n) is 15.5. The highest BCUT2D eigenvalue weighted by atomic mass is 32.2. The molecule has 1 aliphatic heterocycles. The van der Waals surface area contributed by atoms with Gasteiger partial charge in [0, 0.05) is 41.3 Å². The van der Waals surface area contributed by atoms with Crippen molar-refractivity contribution in [3.05, 3.63) is 85.7 Å². The molecule has 2 N–H and O–H groups in total. The van der Waals surface area contributed by atoms with Gasteiger partial charge in [-0.1, -0.05) is 36.5 Å². The number of benzene rings is 2. The molecule has 2 aromatic heterocycles. The second kappa shape index (κ2) is 7.44. The zero-order valence-corrected chi connectivity index (χ0v) is 16.4. The third-order valence-electron chi connectivity index (χ3n) is 4.62. The summed E-state index contributed by atoms with van der Waals surface area (Å²) in [4.78, 5) is 14.5. The number of anilines is 3.